The number of carbonyl (C=O) groups excluding carboxylic acids is 1. The van der Waals surface area contributed by atoms with Crippen LogP contribution in [-0.2, 0) is 14.3 Å². The number of nitro groups is 1. The van der Waals surface area contributed by atoms with Gasteiger partial charge in [-0.05, 0) is 11.6 Å². The third kappa shape index (κ3) is 2.78. The number of hydrogen-bond donors (Lipinski definition) is 0. The summed E-state index contributed by atoms with van der Waals surface area (Å²) in [4.78, 5) is 31.0. The Labute approximate surface area is 118 Å². The van der Waals surface area contributed by atoms with Gasteiger partial charge in [0.05, 0.1) is 25.2 Å². The minimum Gasteiger partial charge on any atom is -0.467 e. The van der Waals surface area contributed by atoms with Crippen molar-refractivity contribution in [2.75, 3.05) is 31.8 Å². The zero-order valence-corrected chi connectivity index (χ0v) is 11.2. The van der Waals surface area contributed by atoms with E-state index in [0.29, 0.717) is 6.61 Å². The van der Waals surface area contributed by atoms with E-state index >= 15 is 0 Å². The first kappa shape index (κ1) is 14.4. The highest BCUT2D eigenvalue weighted by Gasteiger charge is 2.35. The molecular weight excluding hydrogens is 292 g/mol. The van der Waals surface area contributed by atoms with E-state index in [1.807, 2.05) is 0 Å². The summed E-state index contributed by atoms with van der Waals surface area (Å²) in [5.74, 6) is -0.581. The molecule has 1 saturated heterocycles. The summed E-state index contributed by atoms with van der Waals surface area (Å²) in [7, 11) is 1.23. The van der Waals surface area contributed by atoms with Gasteiger partial charge in [0.15, 0.2) is 6.04 Å². The number of morpholine rings is 1. The fourth-order valence-electron chi connectivity index (χ4n) is 1.87. The number of esters is 1. The Hall–Kier alpha value is -2.00. The molecule has 2 rings (SSSR count). The first-order chi connectivity index (χ1) is 9.54. The molecule has 10 heteroatoms. The molecule has 2 heterocycles. The maximum Gasteiger partial charge on any atom is 0.330 e. The molecule has 1 fully saturated rings. The lowest BCUT2D eigenvalue weighted by Crippen LogP contribution is -2.51. The Kier molecular flexibility index (Phi) is 4.30. The van der Waals surface area contributed by atoms with Crippen LogP contribution in [0.2, 0.25) is 5.28 Å². The van der Waals surface area contributed by atoms with Gasteiger partial charge in [-0.3, -0.25) is 10.1 Å². The lowest BCUT2D eigenvalue weighted by Gasteiger charge is -2.33. The van der Waals surface area contributed by atoms with Crippen LogP contribution in [0.4, 0.5) is 11.5 Å². The number of rotatable bonds is 3. The van der Waals surface area contributed by atoms with Gasteiger partial charge in [0.2, 0.25) is 11.1 Å². The summed E-state index contributed by atoms with van der Waals surface area (Å²) in [6.07, 6.45) is 1.01. The van der Waals surface area contributed by atoms with Crippen molar-refractivity contribution in [2.24, 2.45) is 0 Å². The van der Waals surface area contributed by atoms with Crippen molar-refractivity contribution in [3.63, 3.8) is 0 Å². The molecule has 0 amide bonds. The second kappa shape index (κ2) is 5.97. The van der Waals surface area contributed by atoms with Crippen LogP contribution in [0.1, 0.15) is 0 Å². The molecule has 0 aliphatic carbocycles. The number of anilines is 1. The highest BCUT2D eigenvalue weighted by atomic mass is 35.5. The minimum atomic E-state index is -0.807. The van der Waals surface area contributed by atoms with Gasteiger partial charge < -0.3 is 14.4 Å². The average molecular weight is 303 g/mol. The maximum absolute atomic E-state index is 11.7. The van der Waals surface area contributed by atoms with Gasteiger partial charge in [-0.25, -0.2) is 9.78 Å². The molecule has 108 valence electrons. The second-order valence-electron chi connectivity index (χ2n) is 3.91. The number of carbonyl (C=O) groups is 1. The van der Waals surface area contributed by atoms with Gasteiger partial charge in [0, 0.05) is 6.54 Å². The summed E-state index contributed by atoms with van der Waals surface area (Å²) < 4.78 is 9.86. The smallest absolute Gasteiger partial charge is 0.330 e. The third-order valence-corrected chi connectivity index (χ3v) is 2.97. The summed E-state index contributed by atoms with van der Waals surface area (Å²) >= 11 is 5.68. The maximum atomic E-state index is 11.7. The molecule has 0 saturated carbocycles. The van der Waals surface area contributed by atoms with Gasteiger partial charge >= 0.3 is 11.7 Å². The molecule has 0 radical (unpaired) electrons. The largest absolute Gasteiger partial charge is 0.467 e. The minimum absolute atomic E-state index is 0.0197. The summed E-state index contributed by atoms with van der Waals surface area (Å²) in [6.45, 7) is 0.631. The van der Waals surface area contributed by atoms with E-state index in [-0.39, 0.29) is 29.9 Å². The Balaban J connectivity index is 2.44. The second-order valence-corrected chi connectivity index (χ2v) is 4.25. The van der Waals surface area contributed by atoms with Crippen LogP contribution in [0, 0.1) is 10.1 Å². The van der Waals surface area contributed by atoms with Crippen LogP contribution in [-0.4, -0.2) is 53.8 Å². The zero-order chi connectivity index (χ0) is 14.7. The van der Waals surface area contributed by atoms with E-state index in [2.05, 4.69) is 14.7 Å². The lowest BCUT2D eigenvalue weighted by molar-refractivity contribution is -0.384. The number of methoxy groups -OCH3 is 1. The van der Waals surface area contributed by atoms with E-state index in [4.69, 9.17) is 16.3 Å². The van der Waals surface area contributed by atoms with Crippen LogP contribution in [0.25, 0.3) is 0 Å². The van der Waals surface area contributed by atoms with E-state index in [1.165, 1.54) is 12.0 Å². The molecule has 1 unspecified atom stereocenters. The number of hydrogen-bond acceptors (Lipinski definition) is 8. The molecule has 1 aromatic heterocycles. The van der Waals surface area contributed by atoms with Crippen LogP contribution in [0.15, 0.2) is 6.20 Å². The van der Waals surface area contributed by atoms with Crippen molar-refractivity contribution >= 4 is 29.1 Å². The van der Waals surface area contributed by atoms with Gasteiger partial charge in [0.1, 0.15) is 6.20 Å². The first-order valence-electron chi connectivity index (χ1n) is 5.63. The molecule has 1 atom stereocenters. The summed E-state index contributed by atoms with van der Waals surface area (Å²) in [5.41, 5.74) is -0.329. The van der Waals surface area contributed by atoms with E-state index < -0.39 is 16.9 Å². The van der Waals surface area contributed by atoms with Crippen LogP contribution < -0.4 is 4.90 Å². The van der Waals surface area contributed by atoms with Crippen molar-refractivity contribution in [1.82, 2.24) is 9.97 Å². The summed E-state index contributed by atoms with van der Waals surface area (Å²) in [6, 6.07) is -0.807. The lowest BCUT2D eigenvalue weighted by atomic mass is 10.2. The predicted octanol–water partition coefficient (Wildman–Crippen LogP) is 0.416. The van der Waals surface area contributed by atoms with Crippen LogP contribution in [0.3, 0.4) is 0 Å². The molecule has 1 aliphatic heterocycles. The normalized spacial score (nSPS) is 18.7. The Morgan fingerprint density at radius 2 is 2.45 bits per heavy atom. The summed E-state index contributed by atoms with van der Waals surface area (Å²) in [5, 5.41) is 10.9. The quantitative estimate of drug-likeness (QED) is 0.342. The van der Waals surface area contributed by atoms with Gasteiger partial charge in [0.25, 0.3) is 0 Å². The zero-order valence-electron chi connectivity index (χ0n) is 10.5. The molecule has 0 N–H and O–H groups in total. The van der Waals surface area contributed by atoms with Crippen LogP contribution in [0.5, 0.6) is 0 Å². The first-order valence-corrected chi connectivity index (χ1v) is 6.01. The van der Waals surface area contributed by atoms with E-state index in [9.17, 15) is 14.9 Å². The molecule has 20 heavy (non-hydrogen) atoms. The predicted molar refractivity (Wildman–Crippen MR) is 67.7 cm³/mol. The number of aromatic nitrogens is 2. The number of ether oxygens (including phenoxy) is 2. The number of halogens is 1. The molecular formula is C10H11ClN4O5. The molecule has 0 bridgehead atoms. The highest BCUT2D eigenvalue weighted by molar-refractivity contribution is 6.28. The van der Waals surface area contributed by atoms with Crippen molar-refractivity contribution in [2.45, 2.75) is 6.04 Å². The average Bonchev–Trinajstić information content (AvgIpc) is 2.46. The Bertz CT molecular complexity index is 540. The molecule has 9 nitrogen and oxygen atoms in total. The molecule has 0 aromatic carbocycles. The van der Waals surface area contributed by atoms with Crippen molar-refractivity contribution in [3.05, 3.63) is 21.6 Å². The van der Waals surface area contributed by atoms with E-state index in [0.717, 1.165) is 6.20 Å². The van der Waals surface area contributed by atoms with Crippen molar-refractivity contribution in [1.29, 1.82) is 0 Å². The molecule has 0 spiro atoms. The molecule has 1 aromatic rings. The fourth-order valence-corrected chi connectivity index (χ4v) is 2.00. The van der Waals surface area contributed by atoms with Gasteiger partial charge in [-0.15, -0.1) is 0 Å². The van der Waals surface area contributed by atoms with Crippen molar-refractivity contribution in [3.8, 4) is 0 Å². The topological polar surface area (TPSA) is 108 Å². The Morgan fingerprint density at radius 3 is 3.10 bits per heavy atom. The van der Waals surface area contributed by atoms with Crippen molar-refractivity contribution < 1.29 is 19.2 Å². The van der Waals surface area contributed by atoms with Gasteiger partial charge in [-0.2, -0.15) is 4.98 Å². The van der Waals surface area contributed by atoms with Crippen LogP contribution >= 0.6 is 11.6 Å². The van der Waals surface area contributed by atoms with E-state index in [1.54, 1.807) is 0 Å². The number of nitrogens with zero attached hydrogens (tertiary/aromatic N) is 4. The molecule has 1 aliphatic rings. The SMILES string of the molecule is COC(=O)C1COCCN1c1nc(Cl)ncc1[N+](=O)[O-]. The highest BCUT2D eigenvalue weighted by Crippen LogP contribution is 2.29. The third-order valence-electron chi connectivity index (χ3n) is 2.79. The fraction of sp³-hybridized carbons (Fsp3) is 0.500. The van der Waals surface area contributed by atoms with Gasteiger partial charge in [-0.1, -0.05) is 0 Å². The monoisotopic (exact) mass is 302 g/mol. The Morgan fingerprint density at radius 1 is 1.70 bits per heavy atom. The standard InChI is InChI=1S/C10H11ClN4O5/c1-19-9(16)7-5-20-3-2-14(7)8-6(15(17)18)4-12-10(11)13-8/h4,7H,2-3,5H2,1H3.